The van der Waals surface area contributed by atoms with Crippen molar-refractivity contribution >= 4 is 113 Å². The van der Waals surface area contributed by atoms with Crippen LogP contribution in [0.25, 0.3) is 76.9 Å². The fraction of sp³-hybridized carbons (Fsp3) is 0.311. The highest BCUT2D eigenvalue weighted by Gasteiger charge is 2.44. The van der Waals surface area contributed by atoms with Crippen molar-refractivity contribution in [3.8, 4) is 22.9 Å². The molecule has 6 unspecified atom stereocenters. The molecule has 6 N–H and O–H groups in total. The van der Waals surface area contributed by atoms with Gasteiger partial charge >= 0.3 is 42.4 Å². The predicted molar refractivity (Wildman–Crippen MR) is 508 cm³/mol. The third-order valence-electron chi connectivity index (χ3n) is 25.0. The van der Waals surface area contributed by atoms with Crippen molar-refractivity contribution in [3.63, 3.8) is 0 Å². The normalized spacial score (nSPS) is 15.9. The topological polar surface area (TPSA) is 387 Å². The van der Waals surface area contributed by atoms with Crippen LogP contribution < -0.4 is 42.0 Å². The van der Waals surface area contributed by atoms with Gasteiger partial charge in [-0.25, -0.2) is 86.4 Å². The highest BCUT2D eigenvalue weighted by molar-refractivity contribution is 6.36. The Morgan fingerprint density at radius 2 is 0.766 bits per heavy atom. The zero-order valence-electron chi connectivity index (χ0n) is 79.2. The zero-order chi connectivity index (χ0) is 107. The van der Waals surface area contributed by atoms with Crippen molar-refractivity contribution in [2.24, 2.45) is 0 Å². The molecule has 7 aromatic carbocycles. The van der Waals surface area contributed by atoms with E-state index in [-0.39, 0.29) is 154 Å². The van der Waals surface area contributed by atoms with Crippen LogP contribution in [-0.4, -0.2) is 124 Å². The summed E-state index contributed by atoms with van der Waals surface area (Å²) in [4.78, 5) is 146. The Kier molecular flexibility index (Phi) is 30.7. The Labute approximate surface area is 815 Å². The van der Waals surface area contributed by atoms with Gasteiger partial charge in [-0.05, 0) is 146 Å². The lowest BCUT2D eigenvalue weighted by atomic mass is 9.87. The summed E-state index contributed by atoms with van der Waals surface area (Å²) >= 11 is 6.30. The van der Waals surface area contributed by atoms with Crippen LogP contribution in [0.2, 0.25) is 5.02 Å². The number of carboxylic acids is 6. The van der Waals surface area contributed by atoms with Crippen LogP contribution in [0.1, 0.15) is 277 Å². The molecule has 14 aromatic rings. The van der Waals surface area contributed by atoms with E-state index in [1.54, 1.807) is 60.0 Å². The number of ether oxygens (including phenoxy) is 2. The number of aromatic nitrogens is 7. The first-order valence-electron chi connectivity index (χ1n) is 45.0. The second kappa shape index (κ2) is 41.6. The van der Waals surface area contributed by atoms with Crippen molar-refractivity contribution in [2.45, 2.75) is 201 Å². The number of hydrogen-bond acceptors (Lipinski definition) is 15. The van der Waals surface area contributed by atoms with E-state index >= 15 is 0 Å². The number of rotatable bonds is 18. The summed E-state index contributed by atoms with van der Waals surface area (Å²) in [5, 5.41) is 54.4. The first-order chi connectivity index (χ1) is 67.9. The molecule has 0 spiro atoms. The highest BCUT2D eigenvalue weighted by Crippen LogP contribution is 2.48. The van der Waals surface area contributed by atoms with E-state index in [1.165, 1.54) is 29.1 Å². The van der Waals surface area contributed by atoms with E-state index in [2.05, 4.69) is 9.72 Å². The standard InChI is InChI=1S/C19H14F3NO3.C18H13F3N2O3.C17H15F4NO4.C17H18FNO3.C16H14ClF2NO3.C16H16FNO4/c1-9(2)11-7-17-12(6-14(11)21)18(24)13(19(25)26)8-23(17)16-4-3-10(20)5-15(16)22;1-8(2)15-13(21)6-10-16(24)11(18(25)26)7-23(17(10)22-15)14-4-3-9(19)5-12(14)20;1-6(2)12-10(19)3-7-13(15(12)26-17(20)21)22(11-4-9(11)18)5-8(14(7)23)16(24)25;1-8(2)14-10-5-4-9(3)19-7-12(17(21)22)16(20)11(15(10)19)6-13(14)18;1-6(2)12-10(19)3-7-14(13(12)17)20(11-4-9(11)18)5-8(15(7)21)16(22)23;1-7(2)12-11(17)4-9-13-15(12)22-6-8(3)18(13)5-10(14(9)19)16(20)21/h3-9H,1-2H3,(H,25,26);3-8H,1-2H3,(H,25,26);3,5-6,9,11,17H,4H2,1-2H3,(H,24,25);6-9H,4-5H2,1-3H3,(H,21,22);3,5-6,9,11H,4H2,1-2H3,(H,22,23);4-5,7-8H,6H2,1-3H3,(H,20,21). The summed E-state index contributed by atoms with van der Waals surface area (Å²) in [5.74, 6) is -18.0. The number of carbonyl (C=O) groups is 6. The van der Waals surface area contributed by atoms with Gasteiger partial charge < -0.3 is 62.9 Å². The van der Waals surface area contributed by atoms with Crippen molar-refractivity contribution in [1.29, 1.82) is 0 Å². The van der Waals surface area contributed by atoms with Gasteiger partial charge in [0.05, 0.1) is 89.3 Å². The first-order valence-corrected chi connectivity index (χ1v) is 45.4. The Morgan fingerprint density at radius 1 is 0.400 bits per heavy atom. The van der Waals surface area contributed by atoms with Crippen molar-refractivity contribution < 1.29 is 130 Å². The predicted octanol–water partition coefficient (Wildman–Crippen LogP) is 22.0. The molecule has 0 radical (unpaired) electrons. The summed E-state index contributed by atoms with van der Waals surface area (Å²) in [7, 11) is 0. The van der Waals surface area contributed by atoms with Crippen molar-refractivity contribution in [3.05, 3.63) is 313 Å². The van der Waals surface area contributed by atoms with E-state index in [0.717, 1.165) is 105 Å². The van der Waals surface area contributed by atoms with Gasteiger partial charge in [-0.15, -0.1) is 0 Å². The molecule has 42 heteroatoms. The van der Waals surface area contributed by atoms with Crippen LogP contribution in [0, 0.1) is 58.2 Å². The molecule has 9 heterocycles. The monoisotopic (exact) mass is 2050 g/mol. The number of fused-ring (bicyclic) bond motifs is 4. The second-order valence-electron chi connectivity index (χ2n) is 36.9. The van der Waals surface area contributed by atoms with Gasteiger partial charge in [0.2, 0.25) is 32.6 Å². The minimum Gasteiger partial charge on any atom is -0.489 e. The van der Waals surface area contributed by atoms with Crippen molar-refractivity contribution in [1.82, 2.24) is 32.4 Å². The molecule has 2 saturated carbocycles. The SMILES string of the molecule is CC(C)c1c(F)cc2c(=O)c(C(=O)O)cn(C3CC3F)c2c1Cl.CC(C)c1c(F)cc2c(=O)c(C(=O)O)cn(C3CC3F)c2c1OC(F)F.CC(C)c1c(F)cc2c(=O)c(C(=O)O)cn3c2c1CCC3C.CC(C)c1c(F)cc2c(=O)c(C(=O)O)cn3c2c1OCC3C.CC(C)c1cc2c(cc1F)c(=O)c(C(=O)O)cn2-c1ccc(F)cc1F.CC(C)c1nc2c(cc1F)c(=O)c(C(=O)O)cn2-c1ccc(F)cc1F. The molecule has 18 rings (SSSR count). The minimum absolute atomic E-state index is 0.00973. The summed E-state index contributed by atoms with van der Waals surface area (Å²) in [6.45, 7) is 21.8. The summed E-state index contributed by atoms with van der Waals surface area (Å²) < 4.78 is 213. The molecular weight excluding hydrogens is 1960 g/mol. The van der Waals surface area contributed by atoms with Gasteiger partial charge in [-0.2, -0.15) is 8.78 Å². The lowest BCUT2D eigenvalue weighted by molar-refractivity contribution is -0.0499. The molecule has 7 aromatic heterocycles. The number of aromatic carboxylic acids is 6. The number of halogens is 15. The van der Waals surface area contributed by atoms with E-state index in [1.807, 2.05) is 46.1 Å². The van der Waals surface area contributed by atoms with Gasteiger partial charge in [-0.3, -0.25) is 33.3 Å². The van der Waals surface area contributed by atoms with Crippen LogP contribution in [0.5, 0.6) is 11.5 Å². The fourth-order valence-corrected chi connectivity index (χ4v) is 18.3. The number of pyridine rings is 7. The summed E-state index contributed by atoms with van der Waals surface area (Å²) in [6, 6.07) is 11.3. The van der Waals surface area contributed by atoms with E-state index in [9.17, 15) is 145 Å². The Balaban J connectivity index is 0.000000146. The third-order valence-corrected chi connectivity index (χ3v) is 25.3. The molecule has 145 heavy (non-hydrogen) atoms. The maximum Gasteiger partial charge on any atom is 0.387 e. The molecule has 0 amide bonds. The first kappa shape index (κ1) is 107. The van der Waals surface area contributed by atoms with Crippen LogP contribution in [0.15, 0.2) is 145 Å². The van der Waals surface area contributed by atoms with Gasteiger partial charge in [-0.1, -0.05) is 94.7 Å². The quantitative estimate of drug-likeness (QED) is 0.0435. The maximum absolute atomic E-state index is 14.5. The molecule has 2 fully saturated rings. The molecule has 2 aliphatic carbocycles. The van der Waals surface area contributed by atoms with E-state index < -0.39 is 197 Å². The molecule has 0 saturated heterocycles. The van der Waals surface area contributed by atoms with Gasteiger partial charge in [0.1, 0.15) is 122 Å². The number of aryl methyl sites for hydroxylation is 1. The molecule has 4 aliphatic rings. The summed E-state index contributed by atoms with van der Waals surface area (Å²) in [5.41, 5.74) is -5.14. The minimum atomic E-state index is -3.31. The third kappa shape index (κ3) is 20.6. The smallest absolute Gasteiger partial charge is 0.387 e. The molecule has 27 nitrogen and oxygen atoms in total. The van der Waals surface area contributed by atoms with Gasteiger partial charge in [0.25, 0.3) is 0 Å². The van der Waals surface area contributed by atoms with Crippen molar-refractivity contribution in [2.75, 3.05) is 6.61 Å². The number of carboxylic acid groups (broad SMARTS) is 6. The zero-order valence-corrected chi connectivity index (χ0v) is 80.0. The van der Waals surface area contributed by atoms with Gasteiger partial charge in [0.15, 0.2) is 5.75 Å². The Hall–Kier alpha value is -15.3. The molecule has 762 valence electrons. The fourth-order valence-electron chi connectivity index (χ4n) is 17.8. The van der Waals surface area contributed by atoms with Crippen LogP contribution in [0.3, 0.4) is 0 Å². The van der Waals surface area contributed by atoms with Crippen LogP contribution >= 0.6 is 11.6 Å². The highest BCUT2D eigenvalue weighted by atomic mass is 35.5. The Morgan fingerprint density at radius 3 is 1.19 bits per heavy atom. The second-order valence-corrected chi connectivity index (χ2v) is 37.2. The summed E-state index contributed by atoms with van der Waals surface area (Å²) in [6.07, 6.45) is 5.88. The lowest BCUT2D eigenvalue weighted by Gasteiger charge is -2.29. The largest absolute Gasteiger partial charge is 0.489 e. The van der Waals surface area contributed by atoms with Gasteiger partial charge in [0, 0.05) is 95.7 Å². The molecular formula is C103H90ClF14N7O20. The van der Waals surface area contributed by atoms with E-state index in [0.29, 0.717) is 53.1 Å². The molecule has 0 bridgehead atoms. The maximum atomic E-state index is 14.5. The average molecular weight is 2050 g/mol. The number of benzene rings is 7. The molecule has 6 atom stereocenters. The number of alkyl halides is 4. The Bertz CT molecular complexity index is 7880. The number of nitrogens with zero attached hydrogens (tertiary/aromatic N) is 7. The van der Waals surface area contributed by atoms with Crippen LogP contribution in [0.4, 0.5) is 61.5 Å². The average Bonchev–Trinajstić information content (AvgIpc) is 1.41. The number of hydrogen-bond donors (Lipinski definition) is 6. The van der Waals surface area contributed by atoms with E-state index in [4.69, 9.17) is 21.4 Å². The van der Waals surface area contributed by atoms with Crippen LogP contribution in [-0.2, 0) is 6.42 Å². The lowest BCUT2D eigenvalue weighted by Crippen LogP contribution is -2.27. The molecule has 2 aliphatic heterocycles.